The van der Waals surface area contributed by atoms with Gasteiger partial charge in [-0.05, 0) is 42.5 Å². The van der Waals surface area contributed by atoms with Gasteiger partial charge in [0.25, 0.3) is 5.91 Å². The highest BCUT2D eigenvalue weighted by Gasteiger charge is 2.38. The highest BCUT2D eigenvalue weighted by molar-refractivity contribution is 6.33. The van der Waals surface area contributed by atoms with Gasteiger partial charge < -0.3 is 15.4 Å². The molecule has 6 nitrogen and oxygen atoms in total. The standard InChI is InChI=1S/C18H11ClF6N2O4/c19-12-6-3-10(17(20,21)22)7-13(12)27-14(28)8-31-15(29)9-1-4-11(5-2-9)26-16(30)18(23,24)25/h1-7H,8H2,(H,26,30)(H,27,28). The van der Waals surface area contributed by atoms with Crippen LogP contribution in [-0.2, 0) is 20.5 Å². The fourth-order valence-electron chi connectivity index (χ4n) is 2.09. The van der Waals surface area contributed by atoms with Gasteiger partial charge in [0.15, 0.2) is 6.61 Å². The van der Waals surface area contributed by atoms with Crippen LogP contribution in [0.3, 0.4) is 0 Å². The summed E-state index contributed by atoms with van der Waals surface area (Å²) in [5.74, 6) is -4.23. The smallest absolute Gasteiger partial charge is 0.452 e. The minimum absolute atomic E-state index is 0.157. The average molecular weight is 469 g/mol. The third kappa shape index (κ3) is 6.88. The van der Waals surface area contributed by atoms with Crippen molar-refractivity contribution in [3.05, 3.63) is 58.6 Å². The second-order valence-electron chi connectivity index (χ2n) is 5.85. The maximum atomic E-state index is 12.7. The molecule has 0 radical (unpaired) electrons. The van der Waals surface area contributed by atoms with E-state index in [1.165, 1.54) is 0 Å². The van der Waals surface area contributed by atoms with Crippen LogP contribution >= 0.6 is 11.6 Å². The van der Waals surface area contributed by atoms with E-state index < -0.39 is 42.3 Å². The van der Waals surface area contributed by atoms with Gasteiger partial charge in [-0.1, -0.05) is 11.6 Å². The zero-order valence-electron chi connectivity index (χ0n) is 15.0. The summed E-state index contributed by atoms with van der Waals surface area (Å²) in [7, 11) is 0. The topological polar surface area (TPSA) is 84.5 Å². The van der Waals surface area contributed by atoms with Crippen LogP contribution < -0.4 is 10.6 Å². The van der Waals surface area contributed by atoms with E-state index in [1.54, 1.807) is 5.32 Å². The number of nitrogens with one attached hydrogen (secondary N) is 2. The van der Waals surface area contributed by atoms with Crippen LogP contribution in [0.15, 0.2) is 42.5 Å². The lowest BCUT2D eigenvalue weighted by Crippen LogP contribution is -2.29. The number of amides is 2. The maximum Gasteiger partial charge on any atom is 0.471 e. The molecule has 2 rings (SSSR count). The third-order valence-electron chi connectivity index (χ3n) is 3.54. The minimum atomic E-state index is -5.09. The number of carbonyl (C=O) groups is 3. The molecule has 2 aromatic rings. The first-order valence-corrected chi connectivity index (χ1v) is 8.47. The number of rotatable bonds is 5. The molecule has 2 N–H and O–H groups in total. The Hall–Kier alpha value is -3.28. The molecule has 0 unspecified atom stereocenters. The SMILES string of the molecule is O=C(COC(=O)c1ccc(NC(=O)C(F)(F)F)cc1)Nc1cc(C(F)(F)F)ccc1Cl. The molecule has 0 saturated carbocycles. The third-order valence-corrected chi connectivity index (χ3v) is 3.87. The Balaban J connectivity index is 1.94. The first kappa shape index (κ1) is 24.0. The molecule has 0 heterocycles. The molecular formula is C18H11ClF6N2O4. The van der Waals surface area contributed by atoms with Crippen LogP contribution in [0.2, 0.25) is 5.02 Å². The van der Waals surface area contributed by atoms with E-state index in [9.17, 15) is 40.7 Å². The van der Waals surface area contributed by atoms with Crippen molar-refractivity contribution in [3.8, 4) is 0 Å². The Kier molecular flexibility index (Phi) is 7.16. The molecule has 2 aromatic carbocycles. The van der Waals surface area contributed by atoms with E-state index in [-0.39, 0.29) is 22.0 Å². The number of benzene rings is 2. The molecule has 0 saturated heterocycles. The second-order valence-corrected chi connectivity index (χ2v) is 6.25. The van der Waals surface area contributed by atoms with Crippen LogP contribution in [0.25, 0.3) is 0 Å². The molecular weight excluding hydrogens is 458 g/mol. The Morgan fingerprint density at radius 3 is 2.06 bits per heavy atom. The number of anilines is 2. The Morgan fingerprint density at radius 1 is 0.903 bits per heavy atom. The monoisotopic (exact) mass is 468 g/mol. The lowest BCUT2D eigenvalue weighted by molar-refractivity contribution is -0.167. The fraction of sp³-hybridized carbons (Fsp3) is 0.167. The number of alkyl halides is 6. The van der Waals surface area contributed by atoms with E-state index in [1.807, 2.05) is 0 Å². The van der Waals surface area contributed by atoms with Crippen LogP contribution in [0, 0.1) is 0 Å². The molecule has 166 valence electrons. The number of carbonyl (C=O) groups excluding carboxylic acids is 3. The number of hydrogen-bond acceptors (Lipinski definition) is 4. The summed E-state index contributed by atoms with van der Waals surface area (Å²) in [5, 5.41) is 3.47. The van der Waals surface area contributed by atoms with Crippen molar-refractivity contribution in [2.75, 3.05) is 17.2 Å². The molecule has 2 amide bonds. The summed E-state index contributed by atoms with van der Waals surface area (Å²) < 4.78 is 79.5. The molecule has 0 aliphatic heterocycles. The van der Waals surface area contributed by atoms with Crippen molar-refractivity contribution in [1.29, 1.82) is 0 Å². The predicted octanol–water partition coefficient (Wildman–Crippen LogP) is 4.66. The van der Waals surface area contributed by atoms with Gasteiger partial charge in [-0.3, -0.25) is 9.59 Å². The quantitative estimate of drug-likeness (QED) is 0.494. The van der Waals surface area contributed by atoms with E-state index in [2.05, 4.69) is 5.32 Å². The van der Waals surface area contributed by atoms with Crippen molar-refractivity contribution >= 4 is 40.8 Å². The van der Waals surface area contributed by atoms with Crippen molar-refractivity contribution in [2.45, 2.75) is 12.4 Å². The first-order chi connectivity index (χ1) is 14.3. The predicted molar refractivity (Wildman–Crippen MR) is 96.5 cm³/mol. The zero-order valence-corrected chi connectivity index (χ0v) is 15.8. The summed E-state index contributed by atoms with van der Waals surface area (Å²) in [6.45, 7) is -0.877. The second kappa shape index (κ2) is 9.25. The van der Waals surface area contributed by atoms with Crippen molar-refractivity contribution in [1.82, 2.24) is 0 Å². The molecule has 0 aliphatic carbocycles. The molecule has 31 heavy (non-hydrogen) atoms. The van der Waals surface area contributed by atoms with Crippen molar-refractivity contribution in [2.24, 2.45) is 0 Å². The summed E-state index contributed by atoms with van der Waals surface area (Å²) in [4.78, 5) is 34.6. The minimum Gasteiger partial charge on any atom is -0.452 e. The Morgan fingerprint density at radius 2 is 1.52 bits per heavy atom. The fourth-order valence-corrected chi connectivity index (χ4v) is 2.25. The molecule has 0 fully saturated rings. The highest BCUT2D eigenvalue weighted by atomic mass is 35.5. The highest BCUT2D eigenvalue weighted by Crippen LogP contribution is 2.33. The zero-order chi connectivity index (χ0) is 23.4. The van der Waals surface area contributed by atoms with Gasteiger partial charge in [-0.15, -0.1) is 0 Å². The molecule has 0 aromatic heterocycles. The van der Waals surface area contributed by atoms with E-state index in [4.69, 9.17) is 16.3 Å². The largest absolute Gasteiger partial charge is 0.471 e. The molecule has 0 aliphatic rings. The Bertz CT molecular complexity index is 990. The van der Waals surface area contributed by atoms with Gasteiger partial charge in [0.1, 0.15) is 0 Å². The van der Waals surface area contributed by atoms with Gasteiger partial charge in [-0.2, -0.15) is 26.3 Å². The number of esters is 1. The van der Waals surface area contributed by atoms with Crippen molar-refractivity contribution < 1.29 is 45.5 Å². The summed E-state index contributed by atoms with van der Waals surface area (Å²) in [5.41, 5.74) is -1.80. The van der Waals surface area contributed by atoms with Crippen molar-refractivity contribution in [3.63, 3.8) is 0 Å². The molecule has 0 bridgehead atoms. The van der Waals surface area contributed by atoms with Crippen LogP contribution in [0.1, 0.15) is 15.9 Å². The normalized spacial score (nSPS) is 11.6. The number of halogens is 7. The molecule has 0 spiro atoms. The van der Waals surface area contributed by atoms with Gasteiger partial charge in [0.2, 0.25) is 0 Å². The van der Waals surface area contributed by atoms with E-state index in [0.717, 1.165) is 36.4 Å². The van der Waals surface area contributed by atoms with Gasteiger partial charge in [0.05, 0.1) is 21.8 Å². The lowest BCUT2D eigenvalue weighted by Gasteiger charge is -2.12. The first-order valence-electron chi connectivity index (χ1n) is 8.09. The van der Waals surface area contributed by atoms with Gasteiger partial charge >= 0.3 is 24.2 Å². The van der Waals surface area contributed by atoms with Gasteiger partial charge in [0, 0.05) is 5.69 Å². The molecule has 0 atom stereocenters. The van der Waals surface area contributed by atoms with Crippen LogP contribution in [-0.4, -0.2) is 30.6 Å². The number of hydrogen-bond donors (Lipinski definition) is 2. The maximum absolute atomic E-state index is 12.7. The van der Waals surface area contributed by atoms with E-state index in [0.29, 0.717) is 6.07 Å². The summed E-state index contributed by atoms with van der Waals surface area (Å²) in [6.07, 6.45) is -9.75. The average Bonchev–Trinajstić information content (AvgIpc) is 2.66. The number of ether oxygens (including phenoxy) is 1. The Labute approximate surface area is 175 Å². The lowest BCUT2D eigenvalue weighted by atomic mass is 10.2. The van der Waals surface area contributed by atoms with E-state index >= 15 is 0 Å². The summed E-state index contributed by atoms with van der Waals surface area (Å²) in [6, 6.07) is 6.34. The summed E-state index contributed by atoms with van der Waals surface area (Å²) >= 11 is 5.74. The van der Waals surface area contributed by atoms with Gasteiger partial charge in [-0.25, -0.2) is 4.79 Å². The van der Waals surface area contributed by atoms with Crippen LogP contribution in [0.5, 0.6) is 0 Å². The molecule has 13 heteroatoms. The van der Waals surface area contributed by atoms with Crippen LogP contribution in [0.4, 0.5) is 37.7 Å².